The average molecular weight is 413 g/mol. The Labute approximate surface area is 176 Å². The third-order valence-electron chi connectivity index (χ3n) is 6.08. The van der Waals surface area contributed by atoms with Crippen LogP contribution in [0.25, 0.3) is 0 Å². The number of benzene rings is 1. The van der Waals surface area contributed by atoms with Crippen molar-refractivity contribution in [3.05, 3.63) is 57.8 Å². The standard InChI is InChI=1S/C23H28N2O3S/c1-17(20-6-4-3-5-7-20)13-25-16-23(28-22(25)27)8-10-24(11-9-23)14-19-12-21(18(2)26)29-15-19/h3-7,12,15,17H,8-11,13-14,16H2,1-2H3/t17-/m0/s1. The second-order valence-corrected chi connectivity index (χ2v) is 9.31. The number of carbonyl (C=O) groups is 2. The van der Waals surface area contributed by atoms with Gasteiger partial charge in [-0.3, -0.25) is 9.69 Å². The fourth-order valence-electron chi connectivity index (χ4n) is 4.33. The van der Waals surface area contributed by atoms with E-state index < -0.39 is 0 Å². The van der Waals surface area contributed by atoms with E-state index in [4.69, 9.17) is 4.74 Å². The molecule has 2 aliphatic rings. The molecule has 1 spiro atoms. The van der Waals surface area contributed by atoms with Gasteiger partial charge in [0.25, 0.3) is 0 Å². The van der Waals surface area contributed by atoms with Crippen LogP contribution >= 0.6 is 11.3 Å². The molecule has 1 amide bonds. The molecule has 0 aliphatic carbocycles. The van der Waals surface area contributed by atoms with Gasteiger partial charge in [0.1, 0.15) is 5.60 Å². The van der Waals surface area contributed by atoms with Crippen LogP contribution < -0.4 is 0 Å². The summed E-state index contributed by atoms with van der Waals surface area (Å²) in [6.07, 6.45) is 1.54. The van der Waals surface area contributed by atoms with Gasteiger partial charge in [-0.1, -0.05) is 37.3 Å². The molecule has 2 aliphatic heterocycles. The van der Waals surface area contributed by atoms with Gasteiger partial charge in [-0.15, -0.1) is 11.3 Å². The molecule has 2 saturated heterocycles. The summed E-state index contributed by atoms with van der Waals surface area (Å²) in [6, 6.07) is 12.3. The second kappa shape index (κ2) is 8.28. The van der Waals surface area contributed by atoms with Gasteiger partial charge in [0.15, 0.2) is 5.78 Å². The van der Waals surface area contributed by atoms with Crippen molar-refractivity contribution in [3.8, 4) is 0 Å². The van der Waals surface area contributed by atoms with Crippen molar-refractivity contribution in [2.24, 2.45) is 0 Å². The SMILES string of the molecule is CC(=O)c1cc(CN2CCC3(CC2)CN(C[C@H](C)c2ccccc2)C(=O)O3)cs1. The van der Waals surface area contributed by atoms with Crippen molar-refractivity contribution >= 4 is 23.2 Å². The molecule has 4 rings (SSSR count). The minimum absolute atomic E-state index is 0.126. The molecule has 1 aromatic carbocycles. The molecule has 5 nitrogen and oxygen atoms in total. The summed E-state index contributed by atoms with van der Waals surface area (Å²) in [5.74, 6) is 0.412. The summed E-state index contributed by atoms with van der Waals surface area (Å²) in [5.41, 5.74) is 2.10. The van der Waals surface area contributed by atoms with E-state index in [-0.39, 0.29) is 23.4 Å². The molecule has 1 aromatic heterocycles. The third-order valence-corrected chi connectivity index (χ3v) is 7.16. The minimum atomic E-state index is -0.344. The van der Waals surface area contributed by atoms with Crippen molar-refractivity contribution in [3.63, 3.8) is 0 Å². The lowest BCUT2D eigenvalue weighted by molar-refractivity contribution is -0.00122. The van der Waals surface area contributed by atoms with E-state index in [1.807, 2.05) is 29.2 Å². The highest BCUT2D eigenvalue weighted by molar-refractivity contribution is 7.12. The Morgan fingerprint density at radius 2 is 1.97 bits per heavy atom. The van der Waals surface area contributed by atoms with E-state index in [1.54, 1.807) is 6.92 Å². The van der Waals surface area contributed by atoms with Crippen LogP contribution in [0.15, 0.2) is 41.8 Å². The summed E-state index contributed by atoms with van der Waals surface area (Å²) in [7, 11) is 0. The number of carbonyl (C=O) groups excluding carboxylic acids is 2. The zero-order chi connectivity index (χ0) is 20.4. The van der Waals surface area contributed by atoms with Crippen molar-refractivity contribution < 1.29 is 14.3 Å². The molecule has 0 saturated carbocycles. The van der Waals surface area contributed by atoms with Crippen molar-refractivity contribution in [2.75, 3.05) is 26.2 Å². The maximum atomic E-state index is 12.5. The summed E-state index contributed by atoms with van der Waals surface area (Å²) < 4.78 is 5.89. The lowest BCUT2D eigenvalue weighted by atomic mass is 9.90. The first-order valence-electron chi connectivity index (χ1n) is 10.3. The zero-order valence-electron chi connectivity index (χ0n) is 17.1. The lowest BCUT2D eigenvalue weighted by Gasteiger charge is -2.37. The van der Waals surface area contributed by atoms with Crippen LogP contribution in [0, 0.1) is 0 Å². The minimum Gasteiger partial charge on any atom is -0.441 e. The van der Waals surface area contributed by atoms with Crippen molar-refractivity contribution in [2.45, 2.75) is 44.8 Å². The first-order valence-corrected chi connectivity index (χ1v) is 11.2. The highest BCUT2D eigenvalue weighted by Gasteiger charge is 2.47. The maximum absolute atomic E-state index is 12.5. The third kappa shape index (κ3) is 4.54. The Morgan fingerprint density at radius 3 is 2.62 bits per heavy atom. The highest BCUT2D eigenvalue weighted by Crippen LogP contribution is 2.35. The number of piperidine rings is 1. The summed E-state index contributed by atoms with van der Waals surface area (Å²) >= 11 is 1.52. The molecule has 154 valence electrons. The summed E-state index contributed by atoms with van der Waals surface area (Å²) in [6.45, 7) is 7.80. The Balaban J connectivity index is 1.31. The molecule has 29 heavy (non-hydrogen) atoms. The van der Waals surface area contributed by atoms with E-state index in [1.165, 1.54) is 22.5 Å². The Kier molecular flexibility index (Phi) is 5.74. The van der Waals surface area contributed by atoms with Crippen molar-refractivity contribution in [1.29, 1.82) is 0 Å². The van der Waals surface area contributed by atoms with Crippen LogP contribution in [0.4, 0.5) is 4.79 Å². The van der Waals surface area contributed by atoms with E-state index in [0.717, 1.165) is 37.4 Å². The number of nitrogens with zero attached hydrogens (tertiary/aromatic N) is 2. The molecule has 1 atom stereocenters. The predicted octanol–water partition coefficient (Wildman–Crippen LogP) is 4.54. The van der Waals surface area contributed by atoms with Gasteiger partial charge >= 0.3 is 6.09 Å². The van der Waals surface area contributed by atoms with Gasteiger partial charge in [-0.2, -0.15) is 0 Å². The lowest BCUT2D eigenvalue weighted by Crippen LogP contribution is -2.46. The number of ketones is 1. The van der Waals surface area contributed by atoms with Crippen LogP contribution in [0.2, 0.25) is 0 Å². The molecule has 6 heteroatoms. The molecule has 0 bridgehead atoms. The number of ether oxygens (including phenoxy) is 1. The quantitative estimate of drug-likeness (QED) is 0.654. The van der Waals surface area contributed by atoms with Gasteiger partial charge in [0.05, 0.1) is 11.4 Å². The zero-order valence-corrected chi connectivity index (χ0v) is 17.9. The van der Waals surface area contributed by atoms with Crippen LogP contribution in [0.1, 0.15) is 53.4 Å². The fraction of sp³-hybridized carbons (Fsp3) is 0.478. The smallest absolute Gasteiger partial charge is 0.410 e. The van der Waals surface area contributed by atoms with E-state index in [0.29, 0.717) is 13.1 Å². The monoisotopic (exact) mass is 412 g/mol. The molecule has 2 aromatic rings. The number of Topliss-reactive ketones (excluding diaryl/α,β-unsaturated/α-hetero) is 1. The number of hydrogen-bond donors (Lipinski definition) is 0. The summed E-state index contributed by atoms with van der Waals surface area (Å²) in [5, 5.41) is 2.07. The number of thiophene rings is 1. The second-order valence-electron chi connectivity index (χ2n) is 8.39. The Bertz CT molecular complexity index is 871. The van der Waals surface area contributed by atoms with Crippen LogP contribution in [0.5, 0.6) is 0 Å². The van der Waals surface area contributed by atoms with Crippen LogP contribution in [-0.2, 0) is 11.3 Å². The number of hydrogen-bond acceptors (Lipinski definition) is 5. The summed E-state index contributed by atoms with van der Waals surface area (Å²) in [4.78, 5) is 29.1. The first-order chi connectivity index (χ1) is 13.9. The molecule has 0 unspecified atom stereocenters. The number of likely N-dealkylation sites (tertiary alicyclic amines) is 1. The maximum Gasteiger partial charge on any atom is 0.410 e. The largest absolute Gasteiger partial charge is 0.441 e. The number of amides is 1. The Morgan fingerprint density at radius 1 is 1.24 bits per heavy atom. The number of rotatable bonds is 6. The van der Waals surface area contributed by atoms with Gasteiger partial charge in [0, 0.05) is 39.0 Å². The molecule has 0 N–H and O–H groups in total. The highest BCUT2D eigenvalue weighted by atomic mass is 32.1. The van der Waals surface area contributed by atoms with Crippen molar-refractivity contribution in [1.82, 2.24) is 9.80 Å². The van der Waals surface area contributed by atoms with Gasteiger partial charge in [-0.25, -0.2) is 4.79 Å². The van der Waals surface area contributed by atoms with Gasteiger partial charge < -0.3 is 9.64 Å². The Hall–Kier alpha value is -2.18. The van der Waals surface area contributed by atoms with Crippen LogP contribution in [0.3, 0.4) is 0 Å². The predicted molar refractivity (Wildman–Crippen MR) is 114 cm³/mol. The topological polar surface area (TPSA) is 49.9 Å². The van der Waals surface area contributed by atoms with E-state index in [9.17, 15) is 9.59 Å². The van der Waals surface area contributed by atoms with E-state index >= 15 is 0 Å². The average Bonchev–Trinajstić information content (AvgIpc) is 3.30. The molecular weight excluding hydrogens is 384 g/mol. The fourth-order valence-corrected chi connectivity index (χ4v) is 5.14. The molecular formula is C23H28N2O3S. The molecule has 2 fully saturated rings. The van der Waals surface area contributed by atoms with Gasteiger partial charge in [-0.05, 0) is 35.4 Å². The van der Waals surface area contributed by atoms with Crippen LogP contribution in [-0.4, -0.2) is 53.5 Å². The van der Waals surface area contributed by atoms with Gasteiger partial charge in [0.2, 0.25) is 0 Å². The first kappa shape index (κ1) is 20.1. The molecule has 3 heterocycles. The normalized spacial score (nSPS) is 20.1. The van der Waals surface area contributed by atoms with E-state index in [2.05, 4.69) is 29.3 Å². The molecule has 0 radical (unpaired) electrons.